The smallest absolute Gasteiger partial charge is 0.307 e. The summed E-state index contributed by atoms with van der Waals surface area (Å²) in [5.41, 5.74) is 0.571. The van der Waals surface area contributed by atoms with Gasteiger partial charge in [0.1, 0.15) is 35.1 Å². The van der Waals surface area contributed by atoms with Crippen molar-refractivity contribution >= 4 is 35.7 Å². The fourth-order valence-corrected chi connectivity index (χ4v) is 5.98. The number of Topliss-reactive ketones (excluding diaryl/α,β-unsaturated/α-hetero) is 1. The molecule has 7 atom stereocenters. The highest BCUT2D eigenvalue weighted by Crippen LogP contribution is 2.52. The van der Waals surface area contributed by atoms with Crippen LogP contribution in [0.3, 0.4) is 0 Å². The minimum absolute atomic E-state index is 0. The van der Waals surface area contributed by atoms with Crippen LogP contribution in [0.5, 0.6) is 17.2 Å². The summed E-state index contributed by atoms with van der Waals surface area (Å²) in [5, 5.41) is 54.8. The Labute approximate surface area is 267 Å². The molecule has 0 amide bonds. The lowest BCUT2D eigenvalue weighted by Crippen LogP contribution is -2.56. The Morgan fingerprint density at radius 2 is 1.76 bits per heavy atom. The van der Waals surface area contributed by atoms with E-state index in [0.717, 1.165) is 0 Å². The molecule has 7 N–H and O–H groups in total. The van der Waals surface area contributed by atoms with Gasteiger partial charge in [0.2, 0.25) is 11.6 Å². The number of nitrogens with two attached hydrogens (primary N) is 1. The number of halogens is 2. The lowest BCUT2D eigenvalue weighted by atomic mass is 9.72. The summed E-state index contributed by atoms with van der Waals surface area (Å²) >= 11 is 0. The molecule has 1 fully saturated rings. The molecule has 0 bridgehead atoms. The molecule has 0 unspecified atom stereocenters. The molecule has 0 aromatic heterocycles. The van der Waals surface area contributed by atoms with E-state index in [1.165, 1.54) is 32.2 Å². The first kappa shape index (κ1) is 35.2. The number of hydrogen-bond acceptors (Lipinski definition) is 14. The maximum atomic E-state index is 15.2. The maximum absolute atomic E-state index is 15.2. The number of esters is 1. The van der Waals surface area contributed by atoms with Gasteiger partial charge in [0.05, 0.1) is 42.4 Å². The van der Waals surface area contributed by atoms with Crippen molar-refractivity contribution in [2.75, 3.05) is 20.3 Å². The summed E-state index contributed by atoms with van der Waals surface area (Å²) in [6.07, 6.45) is -12.4. The van der Waals surface area contributed by atoms with Crippen molar-refractivity contribution in [2.24, 2.45) is 5.73 Å². The van der Waals surface area contributed by atoms with Gasteiger partial charge in [-0.2, -0.15) is 0 Å². The molecule has 1 heterocycles. The van der Waals surface area contributed by atoms with Crippen molar-refractivity contribution < 1.29 is 68.0 Å². The molecule has 1 aliphatic heterocycles. The van der Waals surface area contributed by atoms with E-state index in [1.807, 2.05) is 0 Å². The van der Waals surface area contributed by atoms with Gasteiger partial charge in [0.25, 0.3) is 0 Å². The molecule has 2 aliphatic carbocycles. The molecule has 16 heteroatoms. The number of aliphatic hydroxyl groups excluding tert-OH is 2. The van der Waals surface area contributed by atoms with Crippen LogP contribution in [0.2, 0.25) is 0 Å². The average molecular weight is 670 g/mol. The first-order valence-corrected chi connectivity index (χ1v) is 14.0. The number of ketones is 3. The Morgan fingerprint density at radius 3 is 2.41 bits per heavy atom. The SMILES string of the molecule is COc1cccc2c1C(=O)c1c(O)c3c(c(O)c1C2=O)C[C@@](O)(C(=O)COC(=O)CCN)C[C@H]3O[C@@H]1O[C@@H](C)[C@@H](O)[C@H](O)[C@@H]1F.Cl. The quantitative estimate of drug-likeness (QED) is 0.140. The molecule has 0 radical (unpaired) electrons. The summed E-state index contributed by atoms with van der Waals surface area (Å²) in [7, 11) is 1.27. The second kappa shape index (κ2) is 13.2. The second-order valence-electron chi connectivity index (χ2n) is 11.2. The summed E-state index contributed by atoms with van der Waals surface area (Å²) in [4.78, 5) is 52.5. The highest BCUT2D eigenvalue weighted by molar-refractivity contribution is 6.31. The Hall–Kier alpha value is -3.70. The van der Waals surface area contributed by atoms with E-state index >= 15 is 4.39 Å². The van der Waals surface area contributed by atoms with Gasteiger partial charge in [0.15, 0.2) is 24.9 Å². The van der Waals surface area contributed by atoms with Crippen LogP contribution in [0.1, 0.15) is 68.8 Å². The van der Waals surface area contributed by atoms with Crippen LogP contribution in [-0.2, 0) is 30.2 Å². The van der Waals surface area contributed by atoms with E-state index in [1.54, 1.807) is 0 Å². The Bertz CT molecular complexity index is 1580. The number of ether oxygens (including phenoxy) is 4. The van der Waals surface area contributed by atoms with Gasteiger partial charge in [-0.05, 0) is 13.0 Å². The number of carbonyl (C=O) groups is 4. The van der Waals surface area contributed by atoms with Crippen molar-refractivity contribution in [3.05, 3.63) is 51.6 Å². The lowest BCUT2D eigenvalue weighted by Gasteiger charge is -2.43. The average Bonchev–Trinajstić information content (AvgIpc) is 3.01. The Balaban J connectivity index is 0.00000480. The third-order valence-corrected chi connectivity index (χ3v) is 8.37. The summed E-state index contributed by atoms with van der Waals surface area (Å²) in [5.74, 6) is -5.33. The molecule has 46 heavy (non-hydrogen) atoms. The van der Waals surface area contributed by atoms with Crippen LogP contribution in [0.25, 0.3) is 0 Å². The summed E-state index contributed by atoms with van der Waals surface area (Å²) in [6.45, 7) is 0.341. The van der Waals surface area contributed by atoms with E-state index in [2.05, 4.69) is 0 Å². The second-order valence-corrected chi connectivity index (χ2v) is 11.2. The number of carbonyl (C=O) groups excluding carboxylic acids is 4. The van der Waals surface area contributed by atoms with Crippen molar-refractivity contribution in [1.29, 1.82) is 0 Å². The number of rotatable bonds is 8. The van der Waals surface area contributed by atoms with Gasteiger partial charge in [0, 0.05) is 36.1 Å². The van der Waals surface area contributed by atoms with E-state index in [-0.39, 0.29) is 53.4 Å². The van der Waals surface area contributed by atoms with E-state index in [0.29, 0.717) is 0 Å². The number of fused-ring (bicyclic) bond motifs is 3. The van der Waals surface area contributed by atoms with Crippen LogP contribution in [-0.4, -0.2) is 105 Å². The fourth-order valence-electron chi connectivity index (χ4n) is 5.98. The standard InChI is InChI=1S/C30H32FNO13.ClH/c1-11-23(35)28(40)22(31)29(44-11)45-15-9-30(41,16(33)10-43-17(34)6-7-32)8-13-19(15)27(39)21-20(25(13)37)24(36)12-4-3-5-14(42-2)18(12)26(21)38;/h3-5,11,15,22-23,28-29,35,37,39-41H,6-10,32H2,1-2H3;1H/t11-,15+,22-,23+,28+,29-,30-;/m0./s1. The number of phenolic OH excluding ortho intramolecular Hbond substituents is 2. The first-order valence-electron chi connectivity index (χ1n) is 14.0. The number of alkyl halides is 1. The lowest BCUT2D eigenvalue weighted by molar-refractivity contribution is -0.294. The number of phenols is 2. The molecular weight excluding hydrogens is 637 g/mol. The normalized spacial score (nSPS) is 28.3. The van der Waals surface area contributed by atoms with Gasteiger partial charge in [-0.3, -0.25) is 19.2 Å². The van der Waals surface area contributed by atoms with E-state index < -0.39 is 108 Å². The van der Waals surface area contributed by atoms with Crippen molar-refractivity contribution in [1.82, 2.24) is 0 Å². The van der Waals surface area contributed by atoms with Crippen molar-refractivity contribution in [2.45, 2.75) is 68.7 Å². The molecule has 2 aromatic carbocycles. The largest absolute Gasteiger partial charge is 0.507 e. The molecule has 3 aliphatic rings. The van der Waals surface area contributed by atoms with Gasteiger partial charge >= 0.3 is 5.97 Å². The molecule has 1 saturated heterocycles. The molecule has 14 nitrogen and oxygen atoms in total. The Morgan fingerprint density at radius 1 is 1.09 bits per heavy atom. The number of benzene rings is 2. The number of methoxy groups -OCH3 is 1. The molecule has 250 valence electrons. The van der Waals surface area contributed by atoms with Gasteiger partial charge in [-0.25, -0.2) is 4.39 Å². The van der Waals surface area contributed by atoms with Crippen LogP contribution < -0.4 is 10.5 Å². The number of aromatic hydroxyl groups is 2. The van der Waals surface area contributed by atoms with Crippen LogP contribution in [0, 0.1) is 0 Å². The molecule has 0 spiro atoms. The van der Waals surface area contributed by atoms with Crippen molar-refractivity contribution in [3.63, 3.8) is 0 Å². The van der Waals surface area contributed by atoms with Crippen molar-refractivity contribution in [3.8, 4) is 17.2 Å². The van der Waals surface area contributed by atoms with Crippen LogP contribution in [0.4, 0.5) is 4.39 Å². The third-order valence-electron chi connectivity index (χ3n) is 8.37. The minimum atomic E-state index is -2.48. The van der Waals surface area contributed by atoms with Crippen LogP contribution in [0.15, 0.2) is 18.2 Å². The van der Waals surface area contributed by atoms with E-state index in [4.69, 9.17) is 24.7 Å². The predicted molar refractivity (Wildman–Crippen MR) is 155 cm³/mol. The molecular formula is C30H33ClFNO13. The predicted octanol–water partition coefficient (Wildman–Crippen LogP) is 0.304. The first-order chi connectivity index (χ1) is 21.2. The fraction of sp³-hybridized carbons (Fsp3) is 0.467. The zero-order valence-electron chi connectivity index (χ0n) is 24.6. The van der Waals surface area contributed by atoms with Gasteiger partial charge < -0.3 is 50.2 Å². The highest BCUT2D eigenvalue weighted by Gasteiger charge is 2.52. The zero-order valence-corrected chi connectivity index (χ0v) is 25.4. The highest BCUT2D eigenvalue weighted by atomic mass is 35.5. The third kappa shape index (κ3) is 5.72. The van der Waals surface area contributed by atoms with Gasteiger partial charge in [-0.15, -0.1) is 12.4 Å². The number of hydrogen-bond donors (Lipinski definition) is 6. The monoisotopic (exact) mass is 669 g/mol. The summed E-state index contributed by atoms with van der Waals surface area (Å²) < 4.78 is 36.5. The molecule has 0 saturated carbocycles. The van der Waals surface area contributed by atoms with Gasteiger partial charge in [-0.1, -0.05) is 12.1 Å². The topological polar surface area (TPSA) is 232 Å². The molecule has 5 rings (SSSR count). The van der Waals surface area contributed by atoms with Crippen LogP contribution >= 0.6 is 12.4 Å². The van der Waals surface area contributed by atoms with E-state index in [9.17, 15) is 44.7 Å². The maximum Gasteiger partial charge on any atom is 0.307 e. The number of aliphatic hydroxyl groups is 3. The summed E-state index contributed by atoms with van der Waals surface area (Å²) in [6, 6.07) is 4.19. The zero-order chi connectivity index (χ0) is 33.0. The Kier molecular flexibility index (Phi) is 10.1. The molecule has 2 aromatic rings. The minimum Gasteiger partial charge on any atom is -0.507 e.